The van der Waals surface area contributed by atoms with E-state index in [1.165, 1.54) is 5.30 Å². The van der Waals surface area contributed by atoms with Crippen molar-refractivity contribution in [3.05, 3.63) is 30.3 Å². The van der Waals surface area contributed by atoms with E-state index in [1.807, 2.05) is 18.2 Å². The van der Waals surface area contributed by atoms with Gasteiger partial charge < -0.3 is 0 Å². The molecule has 0 amide bonds. The molecule has 1 rings (SSSR count). The van der Waals surface area contributed by atoms with Crippen molar-refractivity contribution in [1.82, 2.24) is 0 Å². The molecular weight excluding hydrogens is 363 g/mol. The fourth-order valence-electron chi connectivity index (χ4n) is 1.10. The number of hydrogen-bond donors (Lipinski definition) is 0. The Bertz CT molecular complexity index is 426. The fourth-order valence-corrected chi connectivity index (χ4v) is 23.3. The summed E-state index contributed by atoms with van der Waals surface area (Å²) in [6.07, 6.45) is 4.17. The Morgan fingerprint density at radius 2 is 1.47 bits per heavy atom. The molecule has 1 aromatic rings. The zero-order valence-electron chi connectivity index (χ0n) is 10.5. The molecule has 0 saturated carbocycles. The molecule has 0 nitrogen and oxygen atoms in total. The van der Waals surface area contributed by atoms with Crippen LogP contribution in [0.2, 0.25) is 0 Å². The van der Waals surface area contributed by atoms with Gasteiger partial charge in [-0.15, -0.1) is 22.8 Å². The maximum Gasteiger partial charge on any atom is 1.00 e. The molecule has 0 bridgehead atoms. The zero-order chi connectivity index (χ0) is 11.5. The van der Waals surface area contributed by atoms with Crippen LogP contribution in [0.5, 0.6) is 0 Å². The van der Waals surface area contributed by atoms with Gasteiger partial charge in [-0.25, -0.2) is 0 Å². The number of benzene rings is 1. The molecule has 0 radical (unpaired) electrons. The number of rotatable bonds is 4. The second kappa shape index (κ2) is 10.4. The molecule has 0 aromatic heterocycles. The summed E-state index contributed by atoms with van der Waals surface area (Å²) in [5.41, 5.74) is 0. The predicted octanol–water partition coefficient (Wildman–Crippen LogP) is -1.46. The first-order chi connectivity index (χ1) is 6.98. The van der Waals surface area contributed by atoms with Crippen LogP contribution < -0.4 is 64.4 Å². The van der Waals surface area contributed by atoms with Crippen LogP contribution >= 0.6 is 41.2 Å². The van der Waals surface area contributed by atoms with Crippen molar-refractivity contribution in [3.63, 3.8) is 0 Å². The van der Waals surface area contributed by atoms with Gasteiger partial charge in [0.2, 0.25) is 0 Å². The van der Waals surface area contributed by atoms with E-state index in [0.29, 0.717) is 0 Å². The molecule has 3 atom stereocenters. The van der Waals surface area contributed by atoms with Crippen molar-refractivity contribution in [2.24, 2.45) is 0 Å². The molecular formula is C8H13Na2P3S4+2. The molecule has 3 unspecified atom stereocenters. The Balaban J connectivity index is 0. The molecule has 9 heteroatoms. The van der Waals surface area contributed by atoms with Gasteiger partial charge in [0.1, 0.15) is 0 Å². The first-order valence-electron chi connectivity index (χ1n) is 4.14. The zero-order valence-corrected chi connectivity index (χ0v) is 20.7. The van der Waals surface area contributed by atoms with Gasteiger partial charge >= 0.3 is 59.1 Å². The molecule has 0 saturated heterocycles. The van der Waals surface area contributed by atoms with E-state index in [-0.39, 0.29) is 59.1 Å². The van der Waals surface area contributed by atoms with Gasteiger partial charge in [0.05, 0.1) is 9.55 Å². The molecule has 0 spiro atoms. The van der Waals surface area contributed by atoms with Gasteiger partial charge in [-0.1, -0.05) is 62.9 Å². The van der Waals surface area contributed by atoms with Gasteiger partial charge in [-0.3, -0.25) is 0 Å². The van der Waals surface area contributed by atoms with Crippen molar-refractivity contribution in [3.8, 4) is 0 Å². The Morgan fingerprint density at radius 1 is 1.00 bits per heavy atom. The monoisotopic (exact) mass is 376 g/mol. The van der Waals surface area contributed by atoms with Gasteiger partial charge in [0, 0.05) is 5.30 Å². The Hall–Kier alpha value is 3.65. The Labute approximate surface area is 169 Å². The van der Waals surface area contributed by atoms with Crippen LogP contribution in [0.4, 0.5) is 0 Å². The van der Waals surface area contributed by atoms with E-state index in [2.05, 4.69) is 33.6 Å². The van der Waals surface area contributed by atoms with Gasteiger partial charge in [0.15, 0.2) is 0 Å². The molecule has 84 valence electrons. The van der Waals surface area contributed by atoms with Gasteiger partial charge in [0.25, 0.3) is 0 Å². The summed E-state index contributed by atoms with van der Waals surface area (Å²) in [5, 5.41) is 1.26. The third-order valence-corrected chi connectivity index (χ3v) is 38.3. The van der Waals surface area contributed by atoms with Crippen molar-refractivity contribution in [2.75, 3.05) is 12.5 Å². The third-order valence-electron chi connectivity index (χ3n) is 1.96. The topological polar surface area (TPSA) is 0 Å². The van der Waals surface area contributed by atoms with Gasteiger partial charge in [-0.05, 0) is 12.5 Å². The van der Waals surface area contributed by atoms with Crippen LogP contribution in [-0.4, -0.2) is 12.5 Å². The summed E-state index contributed by atoms with van der Waals surface area (Å²) in [7, 11) is 2.87. The molecule has 0 heterocycles. The second-order valence-corrected chi connectivity index (χ2v) is 29.3. The minimum Gasteiger partial charge on any atom is -0.118 e. The average molecular weight is 376 g/mol. The minimum absolute atomic E-state index is 0. The van der Waals surface area contributed by atoms with E-state index in [0.717, 1.165) is 0 Å². The average Bonchev–Trinajstić information content (AvgIpc) is 2.29. The second-order valence-electron chi connectivity index (χ2n) is 2.79. The molecule has 17 heavy (non-hydrogen) atoms. The molecule has 0 fully saturated rings. The van der Waals surface area contributed by atoms with Gasteiger partial charge in [-0.2, -0.15) is 0 Å². The summed E-state index contributed by atoms with van der Waals surface area (Å²) in [5.74, 6) is 0. The van der Waals surface area contributed by atoms with E-state index >= 15 is 0 Å². The van der Waals surface area contributed by atoms with Crippen LogP contribution in [0.25, 0.3) is 0 Å². The Morgan fingerprint density at radius 3 is 1.82 bits per heavy atom. The maximum atomic E-state index is 5.88. The fraction of sp³-hybridized carbons (Fsp3) is 0.250. The van der Waals surface area contributed by atoms with Crippen molar-refractivity contribution in [1.29, 1.82) is 0 Å². The summed E-state index contributed by atoms with van der Waals surface area (Å²) < 4.78 is -1.56. The van der Waals surface area contributed by atoms with Crippen molar-refractivity contribution < 1.29 is 59.1 Å². The smallest absolute Gasteiger partial charge is 0.118 e. The van der Waals surface area contributed by atoms with E-state index in [1.54, 1.807) is 22.8 Å². The predicted molar refractivity (Wildman–Crippen MR) is 91.4 cm³/mol. The number of hydrogen-bond acceptors (Lipinski definition) is 4. The van der Waals surface area contributed by atoms with Crippen molar-refractivity contribution in [2.45, 2.75) is 0 Å². The van der Waals surface area contributed by atoms with Crippen LogP contribution in [0.15, 0.2) is 30.3 Å². The first-order valence-corrected chi connectivity index (χ1v) is 15.7. The van der Waals surface area contributed by atoms with Crippen LogP contribution in [0.3, 0.4) is 0 Å². The SMILES string of the molecule is CSP(P)(=S)P(=S)(SC)c1ccccc1.[Na+].[Na+]. The van der Waals surface area contributed by atoms with E-state index < -0.39 is 9.55 Å². The first kappa shape index (κ1) is 22.9. The Kier molecular flexibility index (Phi) is 14.0. The molecule has 0 aliphatic heterocycles. The summed E-state index contributed by atoms with van der Waals surface area (Å²) in [6, 6.07) is 10.4. The molecule has 1 aromatic carbocycles. The quantitative estimate of drug-likeness (QED) is 0.465. The largest absolute Gasteiger partial charge is 1.00 e. The maximum absolute atomic E-state index is 5.88. The summed E-state index contributed by atoms with van der Waals surface area (Å²) >= 11 is 15.2. The summed E-state index contributed by atoms with van der Waals surface area (Å²) in [4.78, 5) is -1.65. The molecule has 0 aliphatic rings. The summed E-state index contributed by atoms with van der Waals surface area (Å²) in [6.45, 7) is 0. The minimum atomic E-state index is -1.65. The molecule has 0 N–H and O–H groups in total. The van der Waals surface area contributed by atoms with E-state index in [9.17, 15) is 0 Å². The van der Waals surface area contributed by atoms with E-state index in [4.69, 9.17) is 23.6 Å². The normalized spacial score (nSPS) is 16.9. The molecule has 0 aliphatic carbocycles. The standard InChI is InChI=1S/C8H13P3S4.2Na/c1-14-10(12,11(9,13)15-2)8-6-4-3-5-7-8;;/h3-7H,9H2,1-2H3;;/q;2*+1. The van der Waals surface area contributed by atoms with Crippen molar-refractivity contribution >= 4 is 70.2 Å². The van der Waals surface area contributed by atoms with Crippen LogP contribution in [0.1, 0.15) is 0 Å². The van der Waals surface area contributed by atoms with Crippen LogP contribution in [0, 0.1) is 0 Å². The third kappa shape index (κ3) is 5.74. The van der Waals surface area contributed by atoms with Crippen LogP contribution in [-0.2, 0) is 23.6 Å².